The van der Waals surface area contributed by atoms with Gasteiger partial charge in [0, 0.05) is 0 Å². The van der Waals surface area contributed by atoms with Gasteiger partial charge in [-0.2, -0.15) is 5.26 Å². The van der Waals surface area contributed by atoms with E-state index in [4.69, 9.17) is 10.00 Å². The summed E-state index contributed by atoms with van der Waals surface area (Å²) in [6, 6.07) is 10.3. The van der Waals surface area contributed by atoms with Gasteiger partial charge in [0.25, 0.3) is 0 Å². The zero-order chi connectivity index (χ0) is 13.5. The molecule has 2 heteroatoms. The fourth-order valence-corrected chi connectivity index (χ4v) is 2.93. The van der Waals surface area contributed by atoms with Crippen molar-refractivity contribution in [1.29, 1.82) is 5.26 Å². The maximum atomic E-state index is 8.81. The summed E-state index contributed by atoms with van der Waals surface area (Å²) in [6.45, 7) is 4.37. The van der Waals surface area contributed by atoms with Gasteiger partial charge in [-0.3, -0.25) is 0 Å². The van der Waals surface area contributed by atoms with Crippen LogP contribution in [0.2, 0.25) is 0 Å². The van der Waals surface area contributed by atoms with Crippen LogP contribution >= 0.6 is 0 Å². The zero-order valence-electron chi connectivity index (χ0n) is 11.3. The van der Waals surface area contributed by atoms with Crippen molar-refractivity contribution in [2.45, 2.75) is 38.0 Å². The van der Waals surface area contributed by atoms with Crippen LogP contribution < -0.4 is 0 Å². The molecule has 0 bridgehead atoms. The number of hydrogen-bond donors (Lipinski definition) is 0. The molecule has 0 heterocycles. The van der Waals surface area contributed by atoms with Crippen LogP contribution in [0.4, 0.5) is 0 Å². The van der Waals surface area contributed by atoms with Gasteiger partial charge in [-0.05, 0) is 61.6 Å². The van der Waals surface area contributed by atoms with Gasteiger partial charge in [0.1, 0.15) is 0 Å². The first kappa shape index (κ1) is 13.7. The van der Waals surface area contributed by atoms with Crippen molar-refractivity contribution in [3.05, 3.63) is 48.2 Å². The van der Waals surface area contributed by atoms with Crippen LogP contribution in [-0.4, -0.2) is 6.61 Å². The predicted molar refractivity (Wildman–Crippen MR) is 76.6 cm³/mol. The third kappa shape index (κ3) is 3.86. The lowest BCUT2D eigenvalue weighted by Gasteiger charge is -2.28. The second-order valence-corrected chi connectivity index (χ2v) is 5.28. The van der Waals surface area contributed by atoms with Crippen molar-refractivity contribution in [2.24, 2.45) is 5.92 Å². The summed E-state index contributed by atoms with van der Waals surface area (Å²) in [5.74, 6) is 1.47. The lowest BCUT2D eigenvalue weighted by molar-refractivity contribution is 0.199. The predicted octanol–water partition coefficient (Wildman–Crippen LogP) is 4.38. The Morgan fingerprint density at radius 3 is 2.47 bits per heavy atom. The Bertz CT molecular complexity index is 435. The molecule has 2 nitrogen and oxygen atoms in total. The van der Waals surface area contributed by atoms with Crippen LogP contribution in [0.3, 0.4) is 0 Å². The Morgan fingerprint density at radius 2 is 1.89 bits per heavy atom. The first-order valence-electron chi connectivity index (χ1n) is 7.06. The molecule has 2 rings (SSSR count). The highest BCUT2D eigenvalue weighted by molar-refractivity contribution is 5.33. The fourth-order valence-electron chi connectivity index (χ4n) is 2.93. The number of hydrogen-bond acceptors (Lipinski definition) is 2. The number of nitriles is 1. The first-order chi connectivity index (χ1) is 9.33. The van der Waals surface area contributed by atoms with E-state index in [0.29, 0.717) is 5.92 Å². The molecule has 0 spiro atoms. The minimum atomic E-state index is 0.671. The van der Waals surface area contributed by atoms with E-state index in [0.717, 1.165) is 24.5 Å². The molecule has 0 atom stereocenters. The van der Waals surface area contributed by atoms with Gasteiger partial charge in [0.15, 0.2) is 0 Å². The van der Waals surface area contributed by atoms with Gasteiger partial charge < -0.3 is 4.74 Å². The summed E-state index contributed by atoms with van der Waals surface area (Å²) >= 11 is 0. The molecular formula is C17H21NO. The van der Waals surface area contributed by atoms with E-state index in [1.54, 1.807) is 0 Å². The van der Waals surface area contributed by atoms with Gasteiger partial charge in [-0.15, -0.1) is 0 Å². The van der Waals surface area contributed by atoms with Gasteiger partial charge >= 0.3 is 0 Å². The highest BCUT2D eigenvalue weighted by Gasteiger charge is 2.22. The maximum Gasteiger partial charge on any atom is 0.0991 e. The second kappa shape index (κ2) is 6.99. The molecule has 1 fully saturated rings. The third-order valence-corrected chi connectivity index (χ3v) is 4.12. The largest absolute Gasteiger partial charge is 0.502 e. The topological polar surface area (TPSA) is 33.0 Å². The molecule has 0 aliphatic heterocycles. The third-order valence-electron chi connectivity index (χ3n) is 4.12. The average Bonchev–Trinajstić information content (AvgIpc) is 2.48. The monoisotopic (exact) mass is 255 g/mol. The minimum absolute atomic E-state index is 0.671. The van der Waals surface area contributed by atoms with Crippen molar-refractivity contribution in [3.8, 4) is 6.07 Å². The van der Waals surface area contributed by atoms with E-state index in [9.17, 15) is 0 Å². The summed E-state index contributed by atoms with van der Waals surface area (Å²) in [6.07, 6.45) is 7.75. The molecule has 0 amide bonds. The highest BCUT2D eigenvalue weighted by atomic mass is 16.5. The van der Waals surface area contributed by atoms with Gasteiger partial charge in [-0.25, -0.2) is 0 Å². The SMILES string of the molecule is C=COCCC1CCC(c2ccc(C#N)cc2)CC1. The smallest absolute Gasteiger partial charge is 0.0991 e. The number of ether oxygens (including phenoxy) is 1. The molecule has 1 saturated carbocycles. The van der Waals surface area contributed by atoms with Crippen LogP contribution in [0.5, 0.6) is 0 Å². The van der Waals surface area contributed by atoms with Gasteiger partial charge in [0.2, 0.25) is 0 Å². The van der Waals surface area contributed by atoms with Crippen molar-refractivity contribution in [1.82, 2.24) is 0 Å². The van der Waals surface area contributed by atoms with Crippen LogP contribution in [0, 0.1) is 17.2 Å². The van der Waals surface area contributed by atoms with E-state index in [1.165, 1.54) is 37.5 Å². The normalized spacial score (nSPS) is 22.5. The summed E-state index contributed by atoms with van der Waals surface area (Å²) in [5, 5.41) is 8.81. The molecule has 100 valence electrons. The Morgan fingerprint density at radius 1 is 1.21 bits per heavy atom. The summed E-state index contributed by atoms with van der Waals surface area (Å²) in [4.78, 5) is 0. The van der Waals surface area contributed by atoms with E-state index >= 15 is 0 Å². The molecule has 1 aliphatic carbocycles. The standard InChI is InChI=1S/C17H21NO/c1-2-19-12-11-14-3-7-16(8-4-14)17-9-5-15(13-18)6-10-17/h2,5-6,9-10,14,16H,1,3-4,7-8,11-12H2. The summed E-state index contributed by atoms with van der Waals surface area (Å²) in [7, 11) is 0. The second-order valence-electron chi connectivity index (χ2n) is 5.28. The molecule has 0 saturated heterocycles. The van der Waals surface area contributed by atoms with E-state index < -0.39 is 0 Å². The van der Waals surface area contributed by atoms with Crippen molar-refractivity contribution >= 4 is 0 Å². The van der Waals surface area contributed by atoms with Crippen molar-refractivity contribution in [2.75, 3.05) is 6.61 Å². The van der Waals surface area contributed by atoms with Crippen LogP contribution in [0.15, 0.2) is 37.1 Å². The fraction of sp³-hybridized carbons (Fsp3) is 0.471. The van der Waals surface area contributed by atoms with E-state index in [1.807, 2.05) is 12.1 Å². The Labute approximate surface area is 115 Å². The Hall–Kier alpha value is -1.75. The lowest BCUT2D eigenvalue weighted by atomic mass is 9.77. The molecule has 0 radical (unpaired) electrons. The molecule has 1 aromatic carbocycles. The Kier molecular flexibility index (Phi) is 5.03. The van der Waals surface area contributed by atoms with Crippen LogP contribution in [0.1, 0.15) is 49.1 Å². The summed E-state index contributed by atoms with van der Waals surface area (Å²) < 4.78 is 5.21. The van der Waals surface area contributed by atoms with Crippen molar-refractivity contribution in [3.63, 3.8) is 0 Å². The average molecular weight is 255 g/mol. The van der Waals surface area contributed by atoms with Crippen LogP contribution in [-0.2, 0) is 4.74 Å². The number of rotatable bonds is 5. The number of benzene rings is 1. The quantitative estimate of drug-likeness (QED) is 0.577. The highest BCUT2D eigenvalue weighted by Crippen LogP contribution is 2.37. The molecule has 19 heavy (non-hydrogen) atoms. The molecule has 1 aromatic rings. The molecule has 0 unspecified atom stereocenters. The van der Waals surface area contributed by atoms with Crippen LogP contribution in [0.25, 0.3) is 0 Å². The van der Waals surface area contributed by atoms with Gasteiger partial charge in [-0.1, -0.05) is 18.7 Å². The summed E-state index contributed by atoms with van der Waals surface area (Å²) in [5.41, 5.74) is 2.14. The Balaban J connectivity index is 1.82. The molecule has 0 aromatic heterocycles. The lowest BCUT2D eigenvalue weighted by Crippen LogP contribution is -2.14. The van der Waals surface area contributed by atoms with E-state index in [-0.39, 0.29) is 0 Å². The first-order valence-corrected chi connectivity index (χ1v) is 7.06. The van der Waals surface area contributed by atoms with Crippen molar-refractivity contribution < 1.29 is 4.74 Å². The zero-order valence-corrected chi connectivity index (χ0v) is 11.3. The maximum absolute atomic E-state index is 8.81. The number of nitrogens with zero attached hydrogens (tertiary/aromatic N) is 1. The molecule has 1 aliphatic rings. The molecular weight excluding hydrogens is 234 g/mol. The molecule has 0 N–H and O–H groups in total. The van der Waals surface area contributed by atoms with Gasteiger partial charge in [0.05, 0.1) is 24.5 Å². The minimum Gasteiger partial charge on any atom is -0.502 e. The van der Waals surface area contributed by atoms with E-state index in [2.05, 4.69) is 24.8 Å².